The van der Waals surface area contributed by atoms with E-state index in [0.29, 0.717) is 4.34 Å². The Labute approximate surface area is 91.2 Å². The number of rotatable bonds is 3. The fourth-order valence-corrected chi connectivity index (χ4v) is 3.41. The Morgan fingerprint density at radius 1 is 1.64 bits per heavy atom. The summed E-state index contributed by atoms with van der Waals surface area (Å²) in [7, 11) is -3.59. The molecule has 1 aromatic rings. The molecule has 0 fully saturated rings. The minimum absolute atomic E-state index is 0.115. The van der Waals surface area contributed by atoms with Crippen molar-refractivity contribution in [2.45, 2.75) is 17.2 Å². The first-order valence-electron chi connectivity index (χ1n) is 3.63. The monoisotopic (exact) mass is 250 g/mol. The number of hydrogen-bond acceptors (Lipinski definition) is 4. The number of hydrogen-bond donors (Lipinski definition) is 1. The van der Waals surface area contributed by atoms with Gasteiger partial charge in [0.1, 0.15) is 10.3 Å². The predicted molar refractivity (Wildman–Crippen MR) is 54.7 cm³/mol. The van der Waals surface area contributed by atoms with Gasteiger partial charge in [0.15, 0.2) is 0 Å². The summed E-state index contributed by atoms with van der Waals surface area (Å²) in [4.78, 5) is 0. The molecule has 4 nitrogen and oxygen atoms in total. The van der Waals surface area contributed by atoms with E-state index in [0.717, 1.165) is 11.3 Å². The summed E-state index contributed by atoms with van der Waals surface area (Å²) >= 11 is 6.55. The van der Waals surface area contributed by atoms with Gasteiger partial charge in [-0.3, -0.25) is 0 Å². The molecular weight excluding hydrogens is 244 g/mol. The lowest BCUT2D eigenvalue weighted by molar-refractivity contribution is 0.579. The largest absolute Gasteiger partial charge is 0.251 e. The molecule has 0 saturated carbocycles. The molecule has 1 atom stereocenters. The lowest BCUT2D eigenvalue weighted by Crippen LogP contribution is -2.30. The van der Waals surface area contributed by atoms with Gasteiger partial charge in [-0.1, -0.05) is 11.6 Å². The third-order valence-electron chi connectivity index (χ3n) is 1.34. The quantitative estimate of drug-likeness (QED) is 0.886. The van der Waals surface area contributed by atoms with E-state index >= 15 is 0 Å². The van der Waals surface area contributed by atoms with Crippen LogP contribution in [-0.2, 0) is 10.0 Å². The van der Waals surface area contributed by atoms with Gasteiger partial charge in [0.2, 0.25) is 0 Å². The van der Waals surface area contributed by atoms with Crippen LogP contribution < -0.4 is 4.72 Å². The Kier molecular flexibility index (Phi) is 3.50. The summed E-state index contributed by atoms with van der Waals surface area (Å²) in [5.74, 6) is 0. The second-order valence-corrected chi connectivity index (χ2v) is 6.19. The van der Waals surface area contributed by atoms with Crippen molar-refractivity contribution < 1.29 is 8.42 Å². The summed E-state index contributed by atoms with van der Waals surface area (Å²) in [6.45, 7) is 1.47. The van der Waals surface area contributed by atoms with Crippen molar-refractivity contribution in [3.8, 4) is 6.07 Å². The first-order valence-corrected chi connectivity index (χ1v) is 6.31. The van der Waals surface area contributed by atoms with Crippen molar-refractivity contribution in [3.05, 3.63) is 16.5 Å². The van der Waals surface area contributed by atoms with Gasteiger partial charge in [-0.25, -0.2) is 8.42 Å². The zero-order chi connectivity index (χ0) is 10.8. The number of nitriles is 1. The van der Waals surface area contributed by atoms with Gasteiger partial charge >= 0.3 is 0 Å². The summed E-state index contributed by atoms with van der Waals surface area (Å²) in [5, 5.41) is 8.45. The number of thiophene rings is 1. The molecular formula is C7H7ClN2O2S2. The van der Waals surface area contributed by atoms with Crippen LogP contribution in [0.1, 0.15) is 6.92 Å². The Morgan fingerprint density at radius 2 is 2.29 bits per heavy atom. The third-order valence-corrected chi connectivity index (χ3v) is 4.60. The molecule has 1 heterocycles. The normalized spacial score (nSPS) is 13.5. The Hall–Kier alpha value is -0.610. The van der Waals surface area contributed by atoms with Crippen LogP contribution in [0.15, 0.2) is 16.3 Å². The maximum Gasteiger partial charge on any atom is 0.251 e. The second-order valence-electron chi connectivity index (χ2n) is 2.53. The van der Waals surface area contributed by atoms with Crippen LogP contribution >= 0.6 is 22.9 Å². The van der Waals surface area contributed by atoms with E-state index in [-0.39, 0.29) is 4.21 Å². The van der Waals surface area contributed by atoms with E-state index in [1.807, 2.05) is 0 Å². The minimum atomic E-state index is -3.59. The fraction of sp³-hybridized carbons (Fsp3) is 0.286. The first kappa shape index (κ1) is 11.5. The smallest absolute Gasteiger partial charge is 0.206 e. The highest BCUT2D eigenvalue weighted by Gasteiger charge is 2.18. The summed E-state index contributed by atoms with van der Waals surface area (Å²) < 4.78 is 25.7. The molecule has 0 aromatic carbocycles. The number of nitrogens with one attached hydrogen (secondary N) is 1. The molecule has 0 saturated heterocycles. The van der Waals surface area contributed by atoms with Crippen LogP contribution in [-0.4, -0.2) is 14.5 Å². The molecule has 0 aliphatic heterocycles. The van der Waals surface area contributed by atoms with E-state index in [1.165, 1.54) is 19.1 Å². The van der Waals surface area contributed by atoms with Crippen LogP contribution in [0.3, 0.4) is 0 Å². The van der Waals surface area contributed by atoms with Crippen molar-refractivity contribution in [3.63, 3.8) is 0 Å². The van der Waals surface area contributed by atoms with Gasteiger partial charge in [0.25, 0.3) is 10.0 Å². The molecule has 0 bridgehead atoms. The van der Waals surface area contributed by atoms with E-state index in [4.69, 9.17) is 16.9 Å². The van der Waals surface area contributed by atoms with E-state index in [1.54, 1.807) is 6.07 Å². The number of sulfonamides is 1. The van der Waals surface area contributed by atoms with Gasteiger partial charge in [-0.15, -0.1) is 11.3 Å². The van der Waals surface area contributed by atoms with Crippen molar-refractivity contribution in [2.75, 3.05) is 0 Å². The fourth-order valence-electron chi connectivity index (χ4n) is 0.759. The summed E-state index contributed by atoms with van der Waals surface area (Å²) in [6.07, 6.45) is 0. The highest BCUT2D eigenvalue weighted by molar-refractivity contribution is 7.91. The topological polar surface area (TPSA) is 70.0 Å². The van der Waals surface area contributed by atoms with Crippen molar-refractivity contribution in [2.24, 2.45) is 0 Å². The molecule has 0 spiro atoms. The van der Waals surface area contributed by atoms with Crippen molar-refractivity contribution in [1.29, 1.82) is 5.26 Å². The lowest BCUT2D eigenvalue weighted by atomic mass is 10.4. The molecule has 0 radical (unpaired) electrons. The Balaban J connectivity index is 2.93. The van der Waals surface area contributed by atoms with Gasteiger partial charge < -0.3 is 0 Å². The van der Waals surface area contributed by atoms with Gasteiger partial charge in [0.05, 0.1) is 10.4 Å². The van der Waals surface area contributed by atoms with E-state index in [9.17, 15) is 8.42 Å². The zero-order valence-electron chi connectivity index (χ0n) is 7.19. The summed E-state index contributed by atoms with van der Waals surface area (Å²) in [5.41, 5.74) is 0. The van der Waals surface area contributed by atoms with Crippen LogP contribution in [0, 0.1) is 11.3 Å². The Morgan fingerprint density at radius 3 is 2.71 bits per heavy atom. The number of nitrogens with zero attached hydrogens (tertiary/aromatic N) is 1. The van der Waals surface area contributed by atoms with Crippen LogP contribution in [0.5, 0.6) is 0 Å². The molecule has 1 N–H and O–H groups in total. The molecule has 0 amide bonds. The predicted octanol–water partition coefficient (Wildman–Crippen LogP) is 1.59. The van der Waals surface area contributed by atoms with Crippen molar-refractivity contribution >= 4 is 33.0 Å². The molecule has 14 heavy (non-hydrogen) atoms. The molecule has 0 aliphatic carbocycles. The molecule has 1 aromatic heterocycles. The standard InChI is InChI=1S/C7H7ClN2O2S2/c1-5(4-9)10-14(11,12)7-3-2-6(8)13-7/h2-3,5,10H,1H3. The molecule has 0 aliphatic rings. The van der Waals surface area contributed by atoms with Crippen LogP contribution in [0.25, 0.3) is 0 Å². The maximum atomic E-state index is 11.5. The van der Waals surface area contributed by atoms with Crippen LogP contribution in [0.4, 0.5) is 0 Å². The van der Waals surface area contributed by atoms with Gasteiger partial charge in [-0.05, 0) is 19.1 Å². The van der Waals surface area contributed by atoms with Gasteiger partial charge in [-0.2, -0.15) is 9.98 Å². The molecule has 1 unspecified atom stereocenters. The second kappa shape index (κ2) is 4.28. The van der Waals surface area contributed by atoms with Gasteiger partial charge in [0, 0.05) is 0 Å². The first-order chi connectivity index (χ1) is 6.45. The molecule has 1 rings (SSSR count). The SMILES string of the molecule is CC(C#N)NS(=O)(=O)c1ccc(Cl)s1. The van der Waals surface area contributed by atoms with E-state index in [2.05, 4.69) is 4.72 Å². The average Bonchev–Trinajstić information content (AvgIpc) is 2.51. The summed E-state index contributed by atoms with van der Waals surface area (Å²) in [6, 6.07) is 3.93. The zero-order valence-corrected chi connectivity index (χ0v) is 9.58. The highest BCUT2D eigenvalue weighted by Crippen LogP contribution is 2.25. The van der Waals surface area contributed by atoms with Crippen LogP contribution in [0.2, 0.25) is 4.34 Å². The third kappa shape index (κ3) is 2.69. The lowest BCUT2D eigenvalue weighted by Gasteiger charge is -2.04. The van der Waals surface area contributed by atoms with E-state index < -0.39 is 16.1 Å². The Bertz CT molecular complexity index is 460. The maximum absolute atomic E-state index is 11.5. The average molecular weight is 251 g/mol. The molecule has 7 heteroatoms. The van der Waals surface area contributed by atoms with Crippen molar-refractivity contribution in [1.82, 2.24) is 4.72 Å². The molecule has 76 valence electrons. The minimum Gasteiger partial charge on any atom is -0.206 e. The number of halogens is 1. The highest BCUT2D eigenvalue weighted by atomic mass is 35.5.